The number of carbonyl (C=O) groups is 2. The molecule has 0 unspecified atom stereocenters. The van der Waals surface area contributed by atoms with Crippen LogP contribution in [-0.4, -0.2) is 32.2 Å². The van der Waals surface area contributed by atoms with Gasteiger partial charge in [-0.1, -0.05) is 30.3 Å². The Labute approximate surface area is 150 Å². The van der Waals surface area contributed by atoms with Crippen molar-refractivity contribution in [2.24, 2.45) is 0 Å². The Morgan fingerprint density at radius 1 is 1.08 bits per heavy atom. The molecule has 2 aromatic heterocycles. The van der Waals surface area contributed by atoms with E-state index in [1.165, 1.54) is 17.0 Å². The van der Waals surface area contributed by atoms with Gasteiger partial charge in [0.25, 0.3) is 0 Å². The fourth-order valence-corrected chi connectivity index (χ4v) is 2.28. The van der Waals surface area contributed by atoms with Crippen LogP contribution in [0.5, 0.6) is 0 Å². The lowest BCUT2D eigenvalue weighted by atomic mass is 10.2. The van der Waals surface area contributed by atoms with E-state index in [1.54, 1.807) is 26.8 Å². The van der Waals surface area contributed by atoms with Gasteiger partial charge in [-0.15, -0.1) is 0 Å². The molecule has 134 valence electrons. The predicted octanol–water partition coefficient (Wildman–Crippen LogP) is 3.57. The molecule has 0 amide bonds. The quantitative estimate of drug-likeness (QED) is 0.669. The molecule has 0 spiro atoms. The molecule has 0 saturated heterocycles. The third kappa shape index (κ3) is 4.05. The van der Waals surface area contributed by atoms with Crippen LogP contribution in [0.3, 0.4) is 0 Å². The van der Waals surface area contributed by atoms with E-state index in [9.17, 15) is 9.59 Å². The van der Waals surface area contributed by atoms with Crippen LogP contribution in [0, 0.1) is 0 Å². The number of nitrogens with zero attached hydrogens (tertiary/aromatic N) is 3. The summed E-state index contributed by atoms with van der Waals surface area (Å²) in [5.41, 5.74) is 1.13. The first-order valence-electron chi connectivity index (χ1n) is 8.12. The van der Waals surface area contributed by atoms with E-state index in [1.807, 2.05) is 30.3 Å². The van der Waals surface area contributed by atoms with Crippen molar-refractivity contribution in [1.82, 2.24) is 14.5 Å². The number of rotatable bonds is 3. The van der Waals surface area contributed by atoms with Gasteiger partial charge in [0.2, 0.25) is 0 Å². The average molecular weight is 353 g/mol. The number of imidazole rings is 1. The van der Waals surface area contributed by atoms with E-state index in [0.29, 0.717) is 5.52 Å². The number of carbonyl (C=O) groups excluding carboxylic acids is 2. The Bertz CT molecular complexity index is 942. The van der Waals surface area contributed by atoms with Gasteiger partial charge in [0, 0.05) is 0 Å². The van der Waals surface area contributed by atoms with Crippen LogP contribution in [0.25, 0.3) is 11.2 Å². The molecule has 0 N–H and O–H groups in total. The second-order valence-electron chi connectivity index (χ2n) is 6.70. The first kappa shape index (κ1) is 17.6. The van der Waals surface area contributed by atoms with Crippen LogP contribution in [0.15, 0.2) is 48.8 Å². The minimum Gasteiger partial charge on any atom is -0.455 e. The molecule has 7 nitrogen and oxygen atoms in total. The number of hydrogen-bond donors (Lipinski definition) is 0. The van der Waals surface area contributed by atoms with Gasteiger partial charge in [-0.25, -0.2) is 24.1 Å². The summed E-state index contributed by atoms with van der Waals surface area (Å²) in [6.45, 7) is 5.49. The zero-order valence-electron chi connectivity index (χ0n) is 14.8. The maximum atomic E-state index is 12.3. The summed E-state index contributed by atoms with van der Waals surface area (Å²) < 4.78 is 11.8. The fraction of sp³-hybridized carbons (Fsp3) is 0.263. The maximum absolute atomic E-state index is 12.3. The molecule has 3 aromatic rings. The fourth-order valence-electron chi connectivity index (χ4n) is 2.28. The topological polar surface area (TPSA) is 83.3 Å². The molecule has 0 aliphatic rings. The molecule has 0 saturated carbocycles. The van der Waals surface area contributed by atoms with Crippen LogP contribution in [0.4, 0.5) is 4.79 Å². The van der Waals surface area contributed by atoms with E-state index in [4.69, 9.17) is 9.47 Å². The van der Waals surface area contributed by atoms with E-state index >= 15 is 0 Å². The molecule has 0 radical (unpaired) electrons. The monoisotopic (exact) mass is 353 g/mol. The molecule has 26 heavy (non-hydrogen) atoms. The summed E-state index contributed by atoms with van der Waals surface area (Å²) in [7, 11) is 0. The van der Waals surface area contributed by atoms with Crippen molar-refractivity contribution in [2.45, 2.75) is 33.0 Å². The Morgan fingerprint density at radius 2 is 1.81 bits per heavy atom. The number of ether oxygens (including phenoxy) is 2. The molecule has 0 aliphatic carbocycles. The molecule has 0 aliphatic heterocycles. The molecule has 2 heterocycles. The van der Waals surface area contributed by atoms with Crippen molar-refractivity contribution in [1.29, 1.82) is 0 Å². The first-order chi connectivity index (χ1) is 12.3. The standard InChI is InChI=1S/C19H19N3O4/c1-19(2,3)26-17(23)14-9-10-15-16(21-14)20-12-22(15)18(24)25-11-13-7-5-4-6-8-13/h4-10,12H,11H2,1-3H3. The summed E-state index contributed by atoms with van der Waals surface area (Å²) in [6, 6.07) is 12.5. The summed E-state index contributed by atoms with van der Waals surface area (Å²) in [5, 5.41) is 0. The average Bonchev–Trinajstić information content (AvgIpc) is 3.02. The Balaban J connectivity index is 1.76. The van der Waals surface area contributed by atoms with E-state index in [2.05, 4.69) is 9.97 Å². The van der Waals surface area contributed by atoms with Crippen molar-refractivity contribution < 1.29 is 19.1 Å². The van der Waals surface area contributed by atoms with Crippen molar-refractivity contribution >= 4 is 23.2 Å². The molecule has 3 rings (SSSR count). The highest BCUT2D eigenvalue weighted by Gasteiger charge is 2.20. The number of benzene rings is 1. The second-order valence-corrected chi connectivity index (χ2v) is 6.70. The number of esters is 1. The smallest absolute Gasteiger partial charge is 0.420 e. The highest BCUT2D eigenvalue weighted by atomic mass is 16.6. The summed E-state index contributed by atoms with van der Waals surface area (Å²) in [4.78, 5) is 32.6. The van der Waals surface area contributed by atoms with Crippen molar-refractivity contribution in [3.05, 3.63) is 60.0 Å². The summed E-state index contributed by atoms with van der Waals surface area (Å²) in [6.07, 6.45) is 0.757. The van der Waals surface area contributed by atoms with Crippen molar-refractivity contribution in [3.63, 3.8) is 0 Å². The van der Waals surface area contributed by atoms with Crippen LogP contribution in [0.2, 0.25) is 0 Å². The molecule has 0 bridgehead atoms. The summed E-state index contributed by atoms with van der Waals surface area (Å²) >= 11 is 0. The van der Waals surface area contributed by atoms with E-state index in [-0.39, 0.29) is 17.9 Å². The van der Waals surface area contributed by atoms with Gasteiger partial charge in [-0.05, 0) is 38.5 Å². The first-order valence-corrected chi connectivity index (χ1v) is 8.12. The van der Waals surface area contributed by atoms with Crippen molar-refractivity contribution in [2.75, 3.05) is 0 Å². The highest BCUT2D eigenvalue weighted by Crippen LogP contribution is 2.16. The normalized spacial score (nSPS) is 11.3. The van der Waals surface area contributed by atoms with E-state index in [0.717, 1.165) is 5.56 Å². The zero-order chi connectivity index (χ0) is 18.7. The van der Waals surface area contributed by atoms with Crippen molar-refractivity contribution in [3.8, 4) is 0 Å². The lowest BCUT2D eigenvalue weighted by Gasteiger charge is -2.18. The molecule has 0 fully saturated rings. The van der Waals surface area contributed by atoms with Gasteiger partial charge in [0.05, 0.1) is 5.52 Å². The third-order valence-electron chi connectivity index (χ3n) is 3.42. The largest absolute Gasteiger partial charge is 0.455 e. The Hall–Kier alpha value is -3.22. The molecule has 7 heteroatoms. The van der Waals surface area contributed by atoms with Gasteiger partial charge >= 0.3 is 12.1 Å². The number of hydrogen-bond acceptors (Lipinski definition) is 6. The second kappa shape index (κ2) is 6.95. The van der Waals surface area contributed by atoms with Gasteiger partial charge in [0.15, 0.2) is 11.3 Å². The molecule has 0 atom stereocenters. The van der Waals surface area contributed by atoms with Gasteiger partial charge < -0.3 is 9.47 Å². The summed E-state index contributed by atoms with van der Waals surface area (Å²) in [5.74, 6) is -0.541. The number of pyridine rings is 1. The number of fused-ring (bicyclic) bond motifs is 1. The van der Waals surface area contributed by atoms with E-state index < -0.39 is 17.7 Å². The lowest BCUT2D eigenvalue weighted by Crippen LogP contribution is -2.24. The Morgan fingerprint density at radius 3 is 2.50 bits per heavy atom. The maximum Gasteiger partial charge on any atom is 0.420 e. The van der Waals surface area contributed by atoms with Gasteiger partial charge in [-0.2, -0.15) is 0 Å². The SMILES string of the molecule is CC(C)(C)OC(=O)c1ccc2c(ncn2C(=O)OCc2ccccc2)n1. The third-order valence-corrected chi connectivity index (χ3v) is 3.42. The van der Waals surface area contributed by atoms with Crippen LogP contribution in [-0.2, 0) is 16.1 Å². The molecule has 1 aromatic carbocycles. The Kier molecular flexibility index (Phi) is 4.71. The van der Waals surface area contributed by atoms with Gasteiger partial charge in [0.1, 0.15) is 18.5 Å². The lowest BCUT2D eigenvalue weighted by molar-refractivity contribution is 0.00632. The minimum absolute atomic E-state index is 0.135. The number of aromatic nitrogens is 3. The highest BCUT2D eigenvalue weighted by molar-refractivity contribution is 5.91. The van der Waals surface area contributed by atoms with Crippen LogP contribution in [0.1, 0.15) is 36.8 Å². The van der Waals surface area contributed by atoms with Crippen LogP contribution >= 0.6 is 0 Å². The van der Waals surface area contributed by atoms with Crippen LogP contribution < -0.4 is 0 Å². The predicted molar refractivity (Wildman–Crippen MR) is 94.7 cm³/mol. The molecular formula is C19H19N3O4. The van der Waals surface area contributed by atoms with Gasteiger partial charge in [-0.3, -0.25) is 0 Å². The molecular weight excluding hydrogens is 334 g/mol. The zero-order valence-corrected chi connectivity index (χ0v) is 14.8. The minimum atomic E-state index is -0.617.